The minimum Gasteiger partial charge on any atom is -0.484 e. The molecule has 0 aliphatic carbocycles. The number of carbonyl (C=O) groups excluding carboxylic acids is 2. The first-order chi connectivity index (χ1) is 16.2. The van der Waals surface area contributed by atoms with Crippen LogP contribution in [0.5, 0.6) is 5.75 Å². The Bertz CT molecular complexity index is 1040. The molecular weight excluding hydrogens is 416 g/mol. The van der Waals surface area contributed by atoms with Crippen LogP contribution in [0.1, 0.15) is 21.5 Å². The lowest BCUT2D eigenvalue weighted by Gasteiger charge is -2.33. The Morgan fingerprint density at radius 1 is 0.909 bits per heavy atom. The zero-order valence-corrected chi connectivity index (χ0v) is 18.5. The van der Waals surface area contributed by atoms with Crippen molar-refractivity contribution in [1.82, 2.24) is 10.2 Å². The molecule has 3 aromatic rings. The lowest BCUT2D eigenvalue weighted by atomic mass is 10.0. The number of hydrogen-bond donors (Lipinski definition) is 1. The van der Waals surface area contributed by atoms with Gasteiger partial charge in [0.1, 0.15) is 5.75 Å². The maximum atomic E-state index is 12.5. The van der Waals surface area contributed by atoms with Gasteiger partial charge in [-0.15, -0.1) is 0 Å². The molecule has 0 bridgehead atoms. The van der Waals surface area contributed by atoms with E-state index >= 15 is 0 Å². The molecule has 1 N–H and O–H groups in total. The van der Waals surface area contributed by atoms with Crippen molar-refractivity contribution < 1.29 is 19.1 Å². The molecule has 170 valence electrons. The molecule has 4 rings (SSSR count). The van der Waals surface area contributed by atoms with E-state index in [1.807, 2.05) is 36.4 Å². The Kier molecular flexibility index (Phi) is 7.85. The summed E-state index contributed by atoms with van der Waals surface area (Å²) in [6.07, 6.45) is -0.0466. The van der Waals surface area contributed by atoms with Gasteiger partial charge in [0.25, 0.3) is 5.91 Å². The van der Waals surface area contributed by atoms with Crippen molar-refractivity contribution in [3.05, 3.63) is 102 Å². The van der Waals surface area contributed by atoms with Gasteiger partial charge in [-0.05, 0) is 29.8 Å². The zero-order valence-electron chi connectivity index (χ0n) is 18.5. The molecule has 1 aliphatic rings. The van der Waals surface area contributed by atoms with E-state index in [0.717, 1.165) is 19.6 Å². The highest BCUT2D eigenvalue weighted by Crippen LogP contribution is 2.15. The summed E-state index contributed by atoms with van der Waals surface area (Å²) in [5.41, 5.74) is 2.48. The Balaban J connectivity index is 1.19. The topological polar surface area (TPSA) is 67.9 Å². The number of amides is 1. The van der Waals surface area contributed by atoms with Crippen LogP contribution in [0.4, 0.5) is 0 Å². The quantitative estimate of drug-likeness (QED) is 0.513. The average molecular weight is 445 g/mol. The summed E-state index contributed by atoms with van der Waals surface area (Å²) in [6.45, 7) is 3.53. The van der Waals surface area contributed by atoms with Crippen molar-refractivity contribution >= 4 is 11.7 Å². The second kappa shape index (κ2) is 11.4. The SMILES string of the molecule is O=C(COc1ccc(C(=O)c2ccccc2)cc1)NC[C@H]1CN(Cc2ccccc2)CCO1. The third kappa shape index (κ3) is 6.75. The molecule has 3 aromatic carbocycles. The first-order valence-electron chi connectivity index (χ1n) is 11.1. The Hall–Kier alpha value is -3.48. The maximum absolute atomic E-state index is 12.5. The fourth-order valence-electron chi connectivity index (χ4n) is 3.78. The predicted octanol–water partition coefficient (Wildman–Crippen LogP) is 3.31. The largest absolute Gasteiger partial charge is 0.484 e. The standard InChI is InChI=1S/C27H28N2O4/c30-26(28-17-25-19-29(15-16-32-25)18-21-7-3-1-4-8-21)20-33-24-13-11-23(12-14-24)27(31)22-9-5-2-6-10-22/h1-14,25H,15-20H2,(H,28,30)/t25-/m0/s1. The molecule has 1 amide bonds. The number of benzene rings is 3. The number of ether oxygens (including phenoxy) is 2. The van der Waals surface area contributed by atoms with Crippen LogP contribution in [0.3, 0.4) is 0 Å². The monoisotopic (exact) mass is 444 g/mol. The van der Waals surface area contributed by atoms with Gasteiger partial charge in [-0.3, -0.25) is 14.5 Å². The van der Waals surface area contributed by atoms with E-state index < -0.39 is 0 Å². The second-order valence-electron chi connectivity index (χ2n) is 8.03. The van der Waals surface area contributed by atoms with Gasteiger partial charge in [0, 0.05) is 37.3 Å². The Morgan fingerprint density at radius 2 is 1.58 bits per heavy atom. The number of ketones is 1. The van der Waals surface area contributed by atoms with Crippen LogP contribution in [-0.2, 0) is 16.1 Å². The smallest absolute Gasteiger partial charge is 0.258 e. The van der Waals surface area contributed by atoms with Gasteiger partial charge in [-0.1, -0.05) is 60.7 Å². The van der Waals surface area contributed by atoms with Crippen LogP contribution in [-0.4, -0.2) is 55.5 Å². The summed E-state index contributed by atoms with van der Waals surface area (Å²) in [7, 11) is 0. The van der Waals surface area contributed by atoms with Gasteiger partial charge in [0.2, 0.25) is 0 Å². The molecule has 0 spiro atoms. The summed E-state index contributed by atoms with van der Waals surface area (Å²) < 4.78 is 11.4. The second-order valence-corrected chi connectivity index (χ2v) is 8.03. The molecule has 1 heterocycles. The molecule has 1 saturated heterocycles. The van der Waals surface area contributed by atoms with Crippen LogP contribution in [0.15, 0.2) is 84.9 Å². The van der Waals surface area contributed by atoms with Crippen LogP contribution in [0.2, 0.25) is 0 Å². The Morgan fingerprint density at radius 3 is 2.30 bits per heavy atom. The first-order valence-corrected chi connectivity index (χ1v) is 11.1. The van der Waals surface area contributed by atoms with E-state index in [4.69, 9.17) is 9.47 Å². The highest BCUT2D eigenvalue weighted by molar-refractivity contribution is 6.08. The van der Waals surface area contributed by atoms with Crippen molar-refractivity contribution in [2.24, 2.45) is 0 Å². The Labute approximate surface area is 194 Å². The first kappa shape index (κ1) is 22.7. The third-order valence-electron chi connectivity index (χ3n) is 5.52. The molecule has 0 radical (unpaired) electrons. The zero-order chi connectivity index (χ0) is 22.9. The molecular formula is C27H28N2O4. The molecule has 1 fully saturated rings. The predicted molar refractivity (Wildman–Crippen MR) is 126 cm³/mol. The molecule has 1 atom stereocenters. The number of nitrogens with one attached hydrogen (secondary N) is 1. The number of hydrogen-bond acceptors (Lipinski definition) is 5. The van der Waals surface area contributed by atoms with Crippen LogP contribution in [0.25, 0.3) is 0 Å². The van der Waals surface area contributed by atoms with E-state index in [1.54, 1.807) is 36.4 Å². The fourth-order valence-corrected chi connectivity index (χ4v) is 3.78. The van der Waals surface area contributed by atoms with E-state index in [9.17, 15) is 9.59 Å². The minimum atomic E-state index is -0.205. The van der Waals surface area contributed by atoms with Gasteiger partial charge < -0.3 is 14.8 Å². The molecule has 0 saturated carbocycles. The molecule has 33 heavy (non-hydrogen) atoms. The summed E-state index contributed by atoms with van der Waals surface area (Å²) in [5.74, 6) is 0.287. The lowest BCUT2D eigenvalue weighted by molar-refractivity contribution is -0.124. The lowest BCUT2D eigenvalue weighted by Crippen LogP contribution is -2.47. The average Bonchev–Trinajstić information content (AvgIpc) is 2.87. The van der Waals surface area contributed by atoms with Crippen molar-refractivity contribution in [3.63, 3.8) is 0 Å². The third-order valence-corrected chi connectivity index (χ3v) is 5.52. The van der Waals surface area contributed by atoms with Crippen LogP contribution >= 0.6 is 0 Å². The van der Waals surface area contributed by atoms with E-state index in [1.165, 1.54) is 5.56 Å². The van der Waals surface area contributed by atoms with E-state index in [0.29, 0.717) is 30.0 Å². The molecule has 6 nitrogen and oxygen atoms in total. The van der Waals surface area contributed by atoms with Crippen LogP contribution in [0, 0.1) is 0 Å². The normalized spacial score (nSPS) is 16.2. The van der Waals surface area contributed by atoms with Gasteiger partial charge >= 0.3 is 0 Å². The number of nitrogens with zero attached hydrogens (tertiary/aromatic N) is 1. The highest BCUT2D eigenvalue weighted by Gasteiger charge is 2.21. The van der Waals surface area contributed by atoms with E-state index in [2.05, 4.69) is 22.3 Å². The molecule has 0 unspecified atom stereocenters. The summed E-state index contributed by atoms with van der Waals surface area (Å²) in [4.78, 5) is 27.0. The van der Waals surface area contributed by atoms with Crippen molar-refractivity contribution in [3.8, 4) is 5.75 Å². The van der Waals surface area contributed by atoms with Crippen molar-refractivity contribution in [2.75, 3.05) is 32.8 Å². The summed E-state index contributed by atoms with van der Waals surface area (Å²) in [6, 6.07) is 26.3. The van der Waals surface area contributed by atoms with Gasteiger partial charge in [-0.2, -0.15) is 0 Å². The highest BCUT2D eigenvalue weighted by atomic mass is 16.5. The fraction of sp³-hybridized carbons (Fsp3) is 0.259. The minimum absolute atomic E-state index is 0.0466. The van der Waals surface area contributed by atoms with Gasteiger partial charge in [0.05, 0.1) is 12.7 Å². The van der Waals surface area contributed by atoms with E-state index in [-0.39, 0.29) is 24.4 Å². The van der Waals surface area contributed by atoms with Gasteiger partial charge in [-0.25, -0.2) is 0 Å². The number of morpholine rings is 1. The number of rotatable bonds is 9. The molecule has 0 aromatic heterocycles. The summed E-state index contributed by atoms with van der Waals surface area (Å²) >= 11 is 0. The van der Waals surface area contributed by atoms with Crippen molar-refractivity contribution in [1.29, 1.82) is 0 Å². The molecule has 6 heteroatoms. The molecule has 1 aliphatic heterocycles. The maximum Gasteiger partial charge on any atom is 0.258 e. The van der Waals surface area contributed by atoms with Crippen LogP contribution < -0.4 is 10.1 Å². The van der Waals surface area contributed by atoms with Crippen molar-refractivity contribution in [2.45, 2.75) is 12.6 Å². The number of carbonyl (C=O) groups is 2. The summed E-state index contributed by atoms with van der Waals surface area (Å²) in [5, 5.41) is 2.89. The van der Waals surface area contributed by atoms with Gasteiger partial charge in [0.15, 0.2) is 12.4 Å².